The van der Waals surface area contributed by atoms with E-state index in [0.29, 0.717) is 5.56 Å². The first-order chi connectivity index (χ1) is 14.3. The average Bonchev–Trinajstić information content (AvgIpc) is 2.75. The SMILES string of the molecule is CC(NC(=O)c1cccc(S(=O)(=O)Nc2ccccc2Cl)c1)c1ccc(C#N)cc1. The molecule has 0 aliphatic heterocycles. The fourth-order valence-corrected chi connectivity index (χ4v) is 4.13. The number of anilines is 1. The number of nitrogens with one attached hydrogen (secondary N) is 2. The van der Waals surface area contributed by atoms with Crippen LogP contribution >= 0.6 is 11.6 Å². The lowest BCUT2D eigenvalue weighted by Gasteiger charge is -2.15. The van der Waals surface area contributed by atoms with E-state index in [0.717, 1.165) is 5.56 Å². The zero-order valence-electron chi connectivity index (χ0n) is 16.0. The third-order valence-corrected chi connectivity index (χ3v) is 6.10. The lowest BCUT2D eigenvalue weighted by Crippen LogP contribution is -2.27. The molecule has 0 aliphatic rings. The van der Waals surface area contributed by atoms with E-state index in [1.807, 2.05) is 6.07 Å². The van der Waals surface area contributed by atoms with E-state index in [2.05, 4.69) is 10.0 Å². The number of hydrogen-bond donors (Lipinski definition) is 2. The summed E-state index contributed by atoms with van der Waals surface area (Å²) in [5, 5.41) is 12.0. The highest BCUT2D eigenvalue weighted by molar-refractivity contribution is 7.92. The summed E-state index contributed by atoms with van der Waals surface area (Å²) in [7, 11) is -3.93. The maximum atomic E-state index is 12.7. The highest BCUT2D eigenvalue weighted by atomic mass is 35.5. The molecule has 30 heavy (non-hydrogen) atoms. The molecule has 1 atom stereocenters. The van der Waals surface area contributed by atoms with Gasteiger partial charge in [-0.05, 0) is 55.0 Å². The average molecular weight is 440 g/mol. The monoisotopic (exact) mass is 439 g/mol. The molecule has 1 amide bonds. The van der Waals surface area contributed by atoms with Crippen LogP contribution < -0.4 is 10.0 Å². The third-order valence-electron chi connectivity index (χ3n) is 4.41. The van der Waals surface area contributed by atoms with Crippen LogP contribution in [0.15, 0.2) is 77.7 Å². The molecule has 0 saturated carbocycles. The van der Waals surface area contributed by atoms with Gasteiger partial charge in [0.05, 0.1) is 33.3 Å². The number of rotatable bonds is 6. The van der Waals surface area contributed by atoms with Gasteiger partial charge in [-0.25, -0.2) is 8.42 Å². The molecule has 0 bridgehead atoms. The minimum absolute atomic E-state index is 0.0545. The molecule has 8 heteroatoms. The molecular formula is C22H18ClN3O3S. The Bertz CT molecular complexity index is 1220. The van der Waals surface area contributed by atoms with Gasteiger partial charge in [0.15, 0.2) is 0 Å². The Morgan fingerprint density at radius 1 is 1.03 bits per heavy atom. The van der Waals surface area contributed by atoms with Crippen LogP contribution in [0, 0.1) is 11.3 Å². The Kier molecular flexibility index (Phi) is 6.40. The zero-order valence-corrected chi connectivity index (χ0v) is 17.5. The first kappa shape index (κ1) is 21.4. The number of halogens is 1. The number of carbonyl (C=O) groups excluding carboxylic acids is 1. The van der Waals surface area contributed by atoms with Gasteiger partial charge in [-0.15, -0.1) is 0 Å². The van der Waals surface area contributed by atoms with Crippen molar-refractivity contribution in [2.75, 3.05) is 4.72 Å². The van der Waals surface area contributed by atoms with Crippen LogP contribution in [0.3, 0.4) is 0 Å². The largest absolute Gasteiger partial charge is 0.346 e. The van der Waals surface area contributed by atoms with Crippen LogP contribution in [0.1, 0.15) is 34.5 Å². The van der Waals surface area contributed by atoms with E-state index >= 15 is 0 Å². The topological polar surface area (TPSA) is 99.1 Å². The number of nitriles is 1. The number of hydrogen-bond acceptors (Lipinski definition) is 4. The van der Waals surface area contributed by atoms with E-state index < -0.39 is 15.9 Å². The van der Waals surface area contributed by atoms with Crippen LogP contribution in [0.4, 0.5) is 5.69 Å². The maximum Gasteiger partial charge on any atom is 0.261 e. The van der Waals surface area contributed by atoms with Gasteiger partial charge < -0.3 is 5.32 Å². The van der Waals surface area contributed by atoms with Crippen LogP contribution in [0.25, 0.3) is 0 Å². The molecule has 2 N–H and O–H groups in total. The minimum atomic E-state index is -3.93. The lowest BCUT2D eigenvalue weighted by atomic mass is 10.1. The molecule has 1 unspecified atom stereocenters. The number of carbonyl (C=O) groups is 1. The summed E-state index contributed by atoms with van der Waals surface area (Å²) < 4.78 is 27.8. The van der Waals surface area contributed by atoms with Crippen LogP contribution in [0.2, 0.25) is 5.02 Å². The molecule has 0 aliphatic carbocycles. The molecule has 0 fully saturated rings. The number of sulfonamides is 1. The van der Waals surface area contributed by atoms with E-state index in [1.54, 1.807) is 55.5 Å². The van der Waals surface area contributed by atoms with E-state index in [4.69, 9.17) is 16.9 Å². The van der Waals surface area contributed by atoms with Crippen molar-refractivity contribution < 1.29 is 13.2 Å². The van der Waals surface area contributed by atoms with Gasteiger partial charge in [0, 0.05) is 5.56 Å². The molecule has 3 aromatic carbocycles. The van der Waals surface area contributed by atoms with Crippen LogP contribution in [-0.2, 0) is 10.0 Å². The number of nitrogens with zero attached hydrogens (tertiary/aromatic N) is 1. The second-order valence-corrected chi connectivity index (χ2v) is 8.63. The Hall–Kier alpha value is -3.34. The molecule has 3 rings (SSSR count). The Morgan fingerprint density at radius 2 is 1.73 bits per heavy atom. The van der Waals surface area contributed by atoms with Crippen LogP contribution in [-0.4, -0.2) is 14.3 Å². The molecule has 0 radical (unpaired) electrons. The number of amides is 1. The van der Waals surface area contributed by atoms with Crippen molar-refractivity contribution in [3.05, 3.63) is 94.5 Å². The second kappa shape index (κ2) is 8.99. The summed E-state index contributed by atoms with van der Waals surface area (Å²) in [6, 6.07) is 20.8. The third kappa shape index (κ3) is 4.98. The van der Waals surface area contributed by atoms with Crippen molar-refractivity contribution in [1.29, 1.82) is 5.26 Å². The summed E-state index contributed by atoms with van der Waals surface area (Å²) in [5.41, 5.74) is 1.81. The highest BCUT2D eigenvalue weighted by Crippen LogP contribution is 2.24. The summed E-state index contributed by atoms with van der Waals surface area (Å²) >= 11 is 6.03. The molecule has 6 nitrogen and oxygen atoms in total. The quantitative estimate of drug-likeness (QED) is 0.590. The van der Waals surface area contributed by atoms with E-state index in [9.17, 15) is 13.2 Å². The van der Waals surface area contributed by atoms with Gasteiger partial charge in [0.25, 0.3) is 15.9 Å². The van der Waals surface area contributed by atoms with Crippen molar-refractivity contribution in [3.63, 3.8) is 0 Å². The standard InChI is InChI=1S/C22H18ClN3O3S/c1-15(17-11-9-16(14-24)10-12-17)25-22(27)18-5-4-6-19(13-18)30(28,29)26-21-8-3-2-7-20(21)23/h2-13,15,26H,1H3,(H,25,27). The highest BCUT2D eigenvalue weighted by Gasteiger charge is 2.18. The number of benzene rings is 3. The molecule has 0 heterocycles. The predicted molar refractivity (Wildman–Crippen MR) is 116 cm³/mol. The van der Waals surface area contributed by atoms with Gasteiger partial charge in [-0.3, -0.25) is 9.52 Å². The van der Waals surface area contributed by atoms with Crippen molar-refractivity contribution in [2.45, 2.75) is 17.9 Å². The van der Waals surface area contributed by atoms with Crippen LogP contribution in [0.5, 0.6) is 0 Å². The first-order valence-corrected chi connectivity index (χ1v) is 10.8. The maximum absolute atomic E-state index is 12.7. The van der Waals surface area contributed by atoms with Crippen molar-refractivity contribution in [1.82, 2.24) is 5.32 Å². The van der Waals surface area contributed by atoms with Gasteiger partial charge in [0.1, 0.15) is 0 Å². The molecule has 0 saturated heterocycles. The molecule has 0 aromatic heterocycles. The fraction of sp³-hybridized carbons (Fsp3) is 0.0909. The van der Waals surface area contributed by atoms with E-state index in [1.165, 1.54) is 24.3 Å². The molecule has 152 valence electrons. The van der Waals surface area contributed by atoms with Gasteiger partial charge in [0.2, 0.25) is 0 Å². The normalized spacial score (nSPS) is 11.9. The Balaban J connectivity index is 1.77. The lowest BCUT2D eigenvalue weighted by molar-refractivity contribution is 0.0939. The summed E-state index contributed by atoms with van der Waals surface area (Å²) in [4.78, 5) is 12.6. The molecule has 3 aromatic rings. The smallest absolute Gasteiger partial charge is 0.261 e. The van der Waals surface area contributed by atoms with E-state index in [-0.39, 0.29) is 27.2 Å². The Morgan fingerprint density at radius 3 is 2.40 bits per heavy atom. The predicted octanol–water partition coefficient (Wildman–Crippen LogP) is 4.50. The Labute approximate surface area is 180 Å². The molecule has 0 spiro atoms. The summed E-state index contributed by atoms with van der Waals surface area (Å²) in [6.07, 6.45) is 0. The minimum Gasteiger partial charge on any atom is -0.346 e. The second-order valence-electron chi connectivity index (χ2n) is 6.54. The number of para-hydroxylation sites is 1. The molecular weight excluding hydrogens is 422 g/mol. The zero-order chi connectivity index (χ0) is 21.7. The van der Waals surface area contributed by atoms with Crippen molar-refractivity contribution in [3.8, 4) is 6.07 Å². The fourth-order valence-electron chi connectivity index (χ4n) is 2.76. The van der Waals surface area contributed by atoms with Gasteiger partial charge in [-0.1, -0.05) is 41.9 Å². The first-order valence-electron chi connectivity index (χ1n) is 8.98. The van der Waals surface area contributed by atoms with Crippen molar-refractivity contribution in [2.24, 2.45) is 0 Å². The summed E-state index contributed by atoms with van der Waals surface area (Å²) in [6.45, 7) is 1.80. The summed E-state index contributed by atoms with van der Waals surface area (Å²) in [5.74, 6) is -0.415. The van der Waals surface area contributed by atoms with Gasteiger partial charge in [-0.2, -0.15) is 5.26 Å². The van der Waals surface area contributed by atoms with Gasteiger partial charge >= 0.3 is 0 Å². The van der Waals surface area contributed by atoms with Crippen molar-refractivity contribution >= 4 is 33.2 Å².